The van der Waals surface area contributed by atoms with E-state index in [1.165, 1.54) is 12.1 Å². The molecule has 0 unspecified atom stereocenters. The summed E-state index contributed by atoms with van der Waals surface area (Å²) in [6.45, 7) is 3.58. The molecule has 78 valence electrons. The highest BCUT2D eigenvalue weighted by Gasteiger charge is 2.28. The van der Waals surface area contributed by atoms with Gasteiger partial charge >= 0.3 is 0 Å². The molecule has 0 bridgehead atoms. The predicted molar refractivity (Wildman–Crippen MR) is 56.0 cm³/mol. The number of aliphatic hydroxyl groups excluding tert-OH is 1. The summed E-state index contributed by atoms with van der Waals surface area (Å²) in [4.78, 5) is 5.62. The van der Waals surface area contributed by atoms with E-state index in [1.807, 2.05) is 12.3 Å². The third kappa shape index (κ3) is 1.70. The molecule has 0 aliphatic carbocycles. The first-order valence-corrected chi connectivity index (χ1v) is 5.33. The van der Waals surface area contributed by atoms with Crippen LogP contribution in [-0.4, -0.2) is 34.2 Å². The number of nitrogens with zero attached hydrogens (tertiary/aromatic N) is 1. The number of hydrogen-bond donors (Lipinski definition) is 2. The van der Waals surface area contributed by atoms with Crippen molar-refractivity contribution in [2.24, 2.45) is 0 Å². The third-order valence-electron chi connectivity index (χ3n) is 3.20. The van der Waals surface area contributed by atoms with E-state index in [4.69, 9.17) is 0 Å². The molecule has 2 heterocycles. The lowest BCUT2D eigenvalue weighted by Crippen LogP contribution is -2.34. The van der Waals surface area contributed by atoms with Gasteiger partial charge in [0.25, 0.3) is 0 Å². The van der Waals surface area contributed by atoms with Crippen molar-refractivity contribution >= 4 is 0 Å². The molecule has 2 N–H and O–H groups in total. The summed E-state index contributed by atoms with van der Waals surface area (Å²) in [6.07, 6.45) is 4.29. The van der Waals surface area contributed by atoms with E-state index >= 15 is 0 Å². The van der Waals surface area contributed by atoms with Crippen LogP contribution in [0.4, 0.5) is 0 Å². The predicted octanol–water partition coefficient (Wildman–Crippen LogP) is 1.53. The fourth-order valence-electron chi connectivity index (χ4n) is 2.35. The molecule has 1 aromatic heterocycles. The summed E-state index contributed by atoms with van der Waals surface area (Å²) in [5, 5.41) is 9.23. The topological polar surface area (TPSA) is 39.3 Å². The SMILES string of the molecule is C[C@@H](c1ccc[nH]1)N1CCC[C@@H]1CO. The summed E-state index contributed by atoms with van der Waals surface area (Å²) >= 11 is 0. The second-order valence-corrected chi connectivity index (χ2v) is 4.02. The van der Waals surface area contributed by atoms with Crippen LogP contribution in [0.15, 0.2) is 18.3 Å². The van der Waals surface area contributed by atoms with E-state index in [0.29, 0.717) is 12.1 Å². The minimum Gasteiger partial charge on any atom is -0.395 e. The van der Waals surface area contributed by atoms with Gasteiger partial charge in [-0.3, -0.25) is 4.90 Å². The first-order chi connectivity index (χ1) is 6.83. The number of nitrogens with one attached hydrogen (secondary N) is 1. The minimum absolute atomic E-state index is 0.283. The average molecular weight is 194 g/mol. The zero-order valence-electron chi connectivity index (χ0n) is 8.61. The standard InChI is InChI=1S/C11H18N2O/c1-9(11-5-2-6-12-11)13-7-3-4-10(13)8-14/h2,5-6,9-10,12,14H,3-4,7-8H2,1H3/t9-,10+/m0/s1. The molecule has 14 heavy (non-hydrogen) atoms. The highest BCUT2D eigenvalue weighted by atomic mass is 16.3. The van der Waals surface area contributed by atoms with Crippen molar-refractivity contribution in [3.8, 4) is 0 Å². The van der Waals surface area contributed by atoms with Gasteiger partial charge in [0.1, 0.15) is 0 Å². The average Bonchev–Trinajstić information content (AvgIpc) is 2.87. The smallest absolute Gasteiger partial charge is 0.0587 e. The monoisotopic (exact) mass is 194 g/mol. The highest BCUT2D eigenvalue weighted by Crippen LogP contribution is 2.27. The van der Waals surface area contributed by atoms with Crippen LogP contribution in [-0.2, 0) is 0 Å². The van der Waals surface area contributed by atoms with Crippen molar-refractivity contribution in [2.45, 2.75) is 31.8 Å². The van der Waals surface area contributed by atoms with Crippen molar-refractivity contribution in [1.82, 2.24) is 9.88 Å². The van der Waals surface area contributed by atoms with E-state index in [-0.39, 0.29) is 6.61 Å². The number of rotatable bonds is 3. The summed E-state index contributed by atoms with van der Waals surface area (Å²) in [7, 11) is 0. The van der Waals surface area contributed by atoms with Gasteiger partial charge in [-0.25, -0.2) is 0 Å². The van der Waals surface area contributed by atoms with E-state index in [9.17, 15) is 5.11 Å². The Morgan fingerprint density at radius 2 is 2.57 bits per heavy atom. The Morgan fingerprint density at radius 1 is 1.71 bits per heavy atom. The molecular formula is C11H18N2O. The van der Waals surface area contributed by atoms with E-state index in [1.54, 1.807) is 0 Å². The molecule has 0 aromatic carbocycles. The van der Waals surface area contributed by atoms with E-state index in [2.05, 4.69) is 22.9 Å². The number of likely N-dealkylation sites (tertiary alicyclic amines) is 1. The molecule has 0 radical (unpaired) electrons. The van der Waals surface area contributed by atoms with Crippen LogP contribution in [0.5, 0.6) is 0 Å². The van der Waals surface area contributed by atoms with Crippen molar-refractivity contribution < 1.29 is 5.11 Å². The zero-order chi connectivity index (χ0) is 9.97. The summed E-state index contributed by atoms with van der Waals surface area (Å²) < 4.78 is 0. The molecule has 2 atom stereocenters. The van der Waals surface area contributed by atoms with Crippen LogP contribution < -0.4 is 0 Å². The number of aliphatic hydroxyl groups is 1. The summed E-state index contributed by atoms with van der Waals surface area (Å²) in [5.74, 6) is 0. The number of H-pyrrole nitrogens is 1. The molecule has 1 aromatic rings. The first kappa shape index (κ1) is 9.74. The van der Waals surface area contributed by atoms with Crippen LogP contribution in [0.2, 0.25) is 0 Å². The van der Waals surface area contributed by atoms with Gasteiger partial charge in [0.15, 0.2) is 0 Å². The number of hydrogen-bond acceptors (Lipinski definition) is 2. The first-order valence-electron chi connectivity index (χ1n) is 5.33. The van der Waals surface area contributed by atoms with Crippen LogP contribution >= 0.6 is 0 Å². The minimum atomic E-state index is 0.283. The van der Waals surface area contributed by atoms with Gasteiger partial charge in [-0.15, -0.1) is 0 Å². The number of aromatic nitrogens is 1. The molecule has 0 saturated carbocycles. The second kappa shape index (κ2) is 4.15. The fraction of sp³-hybridized carbons (Fsp3) is 0.636. The molecule has 1 fully saturated rings. The molecule has 0 amide bonds. The van der Waals surface area contributed by atoms with Crippen molar-refractivity contribution in [2.75, 3.05) is 13.2 Å². The normalized spacial score (nSPS) is 25.4. The van der Waals surface area contributed by atoms with E-state index in [0.717, 1.165) is 13.0 Å². The molecule has 1 saturated heterocycles. The van der Waals surface area contributed by atoms with Gasteiger partial charge in [-0.05, 0) is 38.4 Å². The molecule has 0 spiro atoms. The summed E-state index contributed by atoms with van der Waals surface area (Å²) in [6, 6.07) is 4.88. The fourth-order valence-corrected chi connectivity index (χ4v) is 2.35. The van der Waals surface area contributed by atoms with Crippen molar-refractivity contribution in [1.29, 1.82) is 0 Å². The van der Waals surface area contributed by atoms with E-state index < -0.39 is 0 Å². The maximum atomic E-state index is 9.23. The van der Waals surface area contributed by atoms with Crippen molar-refractivity contribution in [3.63, 3.8) is 0 Å². The Labute approximate surface area is 84.7 Å². The molecule has 1 aliphatic heterocycles. The Hall–Kier alpha value is -0.800. The van der Waals surface area contributed by atoms with Crippen LogP contribution in [0.3, 0.4) is 0 Å². The van der Waals surface area contributed by atoms with Crippen LogP contribution in [0.1, 0.15) is 31.5 Å². The third-order valence-corrected chi connectivity index (χ3v) is 3.20. The maximum Gasteiger partial charge on any atom is 0.0587 e. The Kier molecular flexibility index (Phi) is 2.89. The van der Waals surface area contributed by atoms with Crippen LogP contribution in [0, 0.1) is 0 Å². The van der Waals surface area contributed by atoms with Gasteiger partial charge in [0.2, 0.25) is 0 Å². The maximum absolute atomic E-state index is 9.23. The lowest BCUT2D eigenvalue weighted by molar-refractivity contribution is 0.124. The van der Waals surface area contributed by atoms with Crippen molar-refractivity contribution in [3.05, 3.63) is 24.0 Å². The molecule has 1 aliphatic rings. The number of aromatic amines is 1. The van der Waals surface area contributed by atoms with Crippen LogP contribution in [0.25, 0.3) is 0 Å². The zero-order valence-corrected chi connectivity index (χ0v) is 8.61. The molecule has 3 heteroatoms. The summed E-state index contributed by atoms with van der Waals surface area (Å²) in [5.41, 5.74) is 1.24. The van der Waals surface area contributed by atoms with Gasteiger partial charge in [-0.2, -0.15) is 0 Å². The lowest BCUT2D eigenvalue weighted by atomic mass is 10.1. The van der Waals surface area contributed by atoms with Gasteiger partial charge in [0, 0.05) is 24.0 Å². The van der Waals surface area contributed by atoms with Gasteiger partial charge in [-0.1, -0.05) is 0 Å². The highest BCUT2D eigenvalue weighted by molar-refractivity contribution is 5.09. The second-order valence-electron chi connectivity index (χ2n) is 4.02. The molecule has 2 rings (SSSR count). The molecule has 3 nitrogen and oxygen atoms in total. The lowest BCUT2D eigenvalue weighted by Gasteiger charge is -2.28. The van der Waals surface area contributed by atoms with Gasteiger partial charge in [0.05, 0.1) is 6.61 Å². The molecular weight excluding hydrogens is 176 g/mol. The Morgan fingerprint density at radius 3 is 3.21 bits per heavy atom. The quantitative estimate of drug-likeness (QED) is 0.766. The van der Waals surface area contributed by atoms with Gasteiger partial charge < -0.3 is 10.1 Å². The largest absolute Gasteiger partial charge is 0.395 e. The Balaban J connectivity index is 2.07. The Bertz CT molecular complexity index is 271.